The van der Waals surface area contributed by atoms with Crippen molar-refractivity contribution in [3.63, 3.8) is 0 Å². The Balaban J connectivity index is 2.24. The molecular formula is C12H19N3O2. The number of aliphatic hydroxyl groups is 1. The van der Waals surface area contributed by atoms with Crippen molar-refractivity contribution in [3.8, 4) is 0 Å². The summed E-state index contributed by atoms with van der Waals surface area (Å²) in [5, 5.41) is 9.27. The zero-order valence-corrected chi connectivity index (χ0v) is 10.6. The summed E-state index contributed by atoms with van der Waals surface area (Å²) in [6.07, 6.45) is 3.22. The van der Waals surface area contributed by atoms with Crippen molar-refractivity contribution in [2.24, 2.45) is 0 Å². The Morgan fingerprint density at radius 1 is 1.47 bits per heavy atom. The molecule has 1 atom stereocenters. The van der Waals surface area contributed by atoms with Gasteiger partial charge < -0.3 is 14.7 Å². The number of hydrogen-bond acceptors (Lipinski definition) is 5. The molecule has 94 valence electrons. The smallest absolute Gasteiger partial charge is 0.150 e. The largest absolute Gasteiger partial charge is 0.394 e. The Bertz CT molecular complexity index is 395. The average molecular weight is 237 g/mol. The van der Waals surface area contributed by atoms with Gasteiger partial charge in [0.2, 0.25) is 0 Å². The number of ether oxygens (including phenoxy) is 1. The van der Waals surface area contributed by atoms with E-state index in [2.05, 4.69) is 14.9 Å². The lowest BCUT2D eigenvalue weighted by atomic mass is 10.1. The summed E-state index contributed by atoms with van der Waals surface area (Å²) in [6.45, 7) is 7.42. The maximum atomic E-state index is 9.27. The lowest BCUT2D eigenvalue weighted by Gasteiger charge is -2.43. The molecule has 1 aromatic rings. The second kappa shape index (κ2) is 4.58. The Labute approximate surface area is 101 Å². The number of rotatable bonds is 2. The van der Waals surface area contributed by atoms with Crippen molar-refractivity contribution in [3.05, 3.63) is 18.1 Å². The predicted molar refractivity (Wildman–Crippen MR) is 65.0 cm³/mol. The fraction of sp³-hybridized carbons (Fsp3) is 0.667. The van der Waals surface area contributed by atoms with Gasteiger partial charge in [0.25, 0.3) is 0 Å². The first-order valence-electron chi connectivity index (χ1n) is 5.83. The molecule has 0 saturated carbocycles. The van der Waals surface area contributed by atoms with Gasteiger partial charge in [0.1, 0.15) is 5.82 Å². The quantitative estimate of drug-likeness (QED) is 0.823. The third kappa shape index (κ3) is 2.73. The van der Waals surface area contributed by atoms with Crippen LogP contribution in [0.4, 0.5) is 5.82 Å². The van der Waals surface area contributed by atoms with Crippen LogP contribution in [-0.4, -0.2) is 46.5 Å². The van der Waals surface area contributed by atoms with Crippen LogP contribution in [0.2, 0.25) is 0 Å². The van der Waals surface area contributed by atoms with E-state index in [4.69, 9.17) is 4.74 Å². The molecule has 1 unspecified atom stereocenters. The molecule has 1 fully saturated rings. The van der Waals surface area contributed by atoms with E-state index in [9.17, 15) is 5.11 Å². The fourth-order valence-corrected chi connectivity index (χ4v) is 2.26. The van der Waals surface area contributed by atoms with Crippen LogP contribution in [-0.2, 0) is 4.74 Å². The molecule has 0 bridgehead atoms. The van der Waals surface area contributed by atoms with Gasteiger partial charge in [-0.05, 0) is 20.8 Å². The molecule has 5 nitrogen and oxygen atoms in total. The molecule has 1 saturated heterocycles. The topological polar surface area (TPSA) is 58.5 Å². The van der Waals surface area contributed by atoms with Crippen LogP contribution in [0, 0.1) is 6.92 Å². The number of morpholine rings is 1. The summed E-state index contributed by atoms with van der Waals surface area (Å²) in [5.41, 5.74) is 0.622. The SMILES string of the molecule is Cc1nccnc1N1CC(CO)OC(C)(C)C1. The second-order valence-corrected chi connectivity index (χ2v) is 5.03. The molecular weight excluding hydrogens is 218 g/mol. The predicted octanol–water partition coefficient (Wildman–Crippen LogP) is 0.761. The zero-order chi connectivity index (χ0) is 12.5. The van der Waals surface area contributed by atoms with Crippen molar-refractivity contribution >= 4 is 5.82 Å². The molecule has 5 heteroatoms. The summed E-state index contributed by atoms with van der Waals surface area (Å²) in [7, 11) is 0. The minimum atomic E-state index is -0.282. The van der Waals surface area contributed by atoms with Gasteiger partial charge in [-0.3, -0.25) is 4.98 Å². The Morgan fingerprint density at radius 2 is 2.18 bits per heavy atom. The Kier molecular flexibility index (Phi) is 3.31. The van der Waals surface area contributed by atoms with Gasteiger partial charge in [-0.2, -0.15) is 0 Å². The van der Waals surface area contributed by atoms with Gasteiger partial charge in [0.15, 0.2) is 0 Å². The second-order valence-electron chi connectivity index (χ2n) is 5.03. The van der Waals surface area contributed by atoms with Crippen molar-refractivity contribution in [1.82, 2.24) is 9.97 Å². The monoisotopic (exact) mass is 237 g/mol. The van der Waals surface area contributed by atoms with E-state index < -0.39 is 0 Å². The zero-order valence-electron chi connectivity index (χ0n) is 10.6. The molecule has 17 heavy (non-hydrogen) atoms. The van der Waals surface area contributed by atoms with Crippen LogP contribution in [0.3, 0.4) is 0 Å². The van der Waals surface area contributed by atoms with Crippen molar-refractivity contribution in [2.75, 3.05) is 24.6 Å². The summed E-state index contributed by atoms with van der Waals surface area (Å²) in [6, 6.07) is 0. The van der Waals surface area contributed by atoms with E-state index in [0.29, 0.717) is 6.54 Å². The molecule has 1 aromatic heterocycles. The van der Waals surface area contributed by atoms with Gasteiger partial charge in [-0.1, -0.05) is 0 Å². The third-order valence-electron chi connectivity index (χ3n) is 2.84. The minimum Gasteiger partial charge on any atom is -0.394 e. The first-order valence-corrected chi connectivity index (χ1v) is 5.83. The van der Waals surface area contributed by atoms with E-state index in [1.807, 2.05) is 20.8 Å². The molecule has 0 amide bonds. The van der Waals surface area contributed by atoms with Crippen LogP contribution in [0.15, 0.2) is 12.4 Å². The number of aryl methyl sites for hydroxylation is 1. The lowest BCUT2D eigenvalue weighted by molar-refractivity contribution is -0.101. The van der Waals surface area contributed by atoms with Crippen LogP contribution in [0.5, 0.6) is 0 Å². The average Bonchev–Trinajstić information content (AvgIpc) is 2.27. The first-order chi connectivity index (χ1) is 8.02. The Morgan fingerprint density at radius 3 is 2.82 bits per heavy atom. The highest BCUT2D eigenvalue weighted by atomic mass is 16.5. The number of anilines is 1. The molecule has 1 N–H and O–H groups in total. The van der Waals surface area contributed by atoms with E-state index in [1.54, 1.807) is 12.4 Å². The van der Waals surface area contributed by atoms with E-state index in [-0.39, 0.29) is 18.3 Å². The Hall–Kier alpha value is -1.20. The summed E-state index contributed by atoms with van der Waals surface area (Å²) < 4.78 is 5.77. The summed E-state index contributed by atoms with van der Waals surface area (Å²) >= 11 is 0. The summed E-state index contributed by atoms with van der Waals surface area (Å²) in [4.78, 5) is 10.7. The molecule has 0 radical (unpaired) electrons. The van der Waals surface area contributed by atoms with Crippen molar-refractivity contribution in [1.29, 1.82) is 0 Å². The summed E-state index contributed by atoms with van der Waals surface area (Å²) in [5.74, 6) is 0.877. The molecule has 0 aliphatic carbocycles. The maximum Gasteiger partial charge on any atom is 0.150 e. The maximum absolute atomic E-state index is 9.27. The highest BCUT2D eigenvalue weighted by molar-refractivity contribution is 5.43. The molecule has 0 aromatic carbocycles. The number of aromatic nitrogens is 2. The normalized spacial score (nSPS) is 23.8. The van der Waals surface area contributed by atoms with E-state index in [1.165, 1.54) is 0 Å². The number of nitrogens with zero attached hydrogens (tertiary/aromatic N) is 3. The first kappa shape index (κ1) is 12.3. The highest BCUT2D eigenvalue weighted by Gasteiger charge is 2.34. The number of hydrogen-bond donors (Lipinski definition) is 1. The van der Waals surface area contributed by atoms with Gasteiger partial charge in [-0.25, -0.2) is 4.98 Å². The van der Waals surface area contributed by atoms with Crippen LogP contribution < -0.4 is 4.90 Å². The molecule has 2 rings (SSSR count). The number of aliphatic hydroxyl groups excluding tert-OH is 1. The van der Waals surface area contributed by atoms with Crippen LogP contribution >= 0.6 is 0 Å². The van der Waals surface area contributed by atoms with E-state index >= 15 is 0 Å². The van der Waals surface area contributed by atoms with Gasteiger partial charge in [0.05, 0.1) is 24.0 Å². The van der Waals surface area contributed by atoms with Crippen LogP contribution in [0.1, 0.15) is 19.5 Å². The highest BCUT2D eigenvalue weighted by Crippen LogP contribution is 2.25. The standard InChI is InChI=1S/C12H19N3O2/c1-9-11(14-5-4-13-9)15-6-10(7-16)17-12(2,3)8-15/h4-5,10,16H,6-8H2,1-3H3. The molecule has 1 aliphatic heterocycles. The molecule has 1 aliphatic rings. The fourth-order valence-electron chi connectivity index (χ4n) is 2.26. The van der Waals surface area contributed by atoms with Gasteiger partial charge >= 0.3 is 0 Å². The van der Waals surface area contributed by atoms with Crippen molar-refractivity contribution in [2.45, 2.75) is 32.5 Å². The van der Waals surface area contributed by atoms with Gasteiger partial charge in [0, 0.05) is 25.5 Å². The van der Waals surface area contributed by atoms with Gasteiger partial charge in [-0.15, -0.1) is 0 Å². The molecule has 2 heterocycles. The van der Waals surface area contributed by atoms with Crippen LogP contribution in [0.25, 0.3) is 0 Å². The minimum absolute atomic E-state index is 0.0270. The lowest BCUT2D eigenvalue weighted by Crippen LogP contribution is -2.54. The molecule has 0 spiro atoms. The third-order valence-corrected chi connectivity index (χ3v) is 2.84. The van der Waals surface area contributed by atoms with Crippen molar-refractivity contribution < 1.29 is 9.84 Å². The van der Waals surface area contributed by atoms with E-state index in [0.717, 1.165) is 18.1 Å².